The van der Waals surface area contributed by atoms with Crippen molar-refractivity contribution in [2.75, 3.05) is 10.6 Å². The van der Waals surface area contributed by atoms with Gasteiger partial charge in [-0.1, -0.05) is 12.1 Å². The number of H-pyrrole nitrogens is 1. The highest BCUT2D eigenvalue weighted by molar-refractivity contribution is 6.04. The molecule has 0 spiro atoms. The molecule has 0 fully saturated rings. The predicted octanol–water partition coefficient (Wildman–Crippen LogP) is 3.92. The predicted molar refractivity (Wildman–Crippen MR) is 105 cm³/mol. The van der Waals surface area contributed by atoms with Gasteiger partial charge in [-0.05, 0) is 48.9 Å². The van der Waals surface area contributed by atoms with Crippen LogP contribution >= 0.6 is 0 Å². The van der Waals surface area contributed by atoms with Gasteiger partial charge in [-0.25, -0.2) is 19.3 Å². The van der Waals surface area contributed by atoms with Gasteiger partial charge in [-0.2, -0.15) is 0 Å². The number of aromatic nitrogens is 4. The monoisotopic (exact) mass is 376 g/mol. The average Bonchev–Trinajstić information content (AvgIpc) is 3.19. The highest BCUT2D eigenvalue weighted by atomic mass is 19.1. The van der Waals surface area contributed by atoms with Crippen LogP contribution in [0.3, 0.4) is 0 Å². The average molecular weight is 376 g/mol. The van der Waals surface area contributed by atoms with Gasteiger partial charge in [-0.15, -0.1) is 0 Å². The molecule has 2 heterocycles. The van der Waals surface area contributed by atoms with Crippen molar-refractivity contribution in [1.82, 2.24) is 19.9 Å². The van der Waals surface area contributed by atoms with Crippen LogP contribution in [-0.2, 0) is 0 Å². The van der Waals surface area contributed by atoms with Gasteiger partial charge in [0.05, 0.1) is 12.4 Å². The summed E-state index contributed by atoms with van der Waals surface area (Å²) in [7, 11) is 0. The molecule has 3 N–H and O–H groups in total. The summed E-state index contributed by atoms with van der Waals surface area (Å²) in [5.74, 6) is 0.00344. The number of fused-ring (bicyclic) bond motifs is 1. The highest BCUT2D eigenvalue weighted by Crippen LogP contribution is 2.23. The molecule has 1 amide bonds. The number of benzene rings is 2. The summed E-state index contributed by atoms with van der Waals surface area (Å²) in [5, 5.41) is 6.13. The van der Waals surface area contributed by atoms with Gasteiger partial charge in [0.2, 0.25) is 0 Å². The Labute approximate surface area is 160 Å². The Kier molecular flexibility index (Phi) is 4.67. The van der Waals surface area contributed by atoms with E-state index in [4.69, 9.17) is 0 Å². The van der Waals surface area contributed by atoms with Crippen molar-refractivity contribution in [3.8, 4) is 0 Å². The molecule has 0 saturated heterocycles. The van der Waals surface area contributed by atoms with Gasteiger partial charge in [0, 0.05) is 11.3 Å². The third-order valence-corrected chi connectivity index (χ3v) is 4.35. The van der Waals surface area contributed by atoms with Crippen LogP contribution in [0.2, 0.25) is 0 Å². The van der Waals surface area contributed by atoms with Crippen molar-refractivity contribution in [3.63, 3.8) is 0 Å². The van der Waals surface area contributed by atoms with Gasteiger partial charge in [-0.3, -0.25) is 4.79 Å². The second-order valence-corrected chi connectivity index (χ2v) is 6.27. The maximum Gasteiger partial charge on any atom is 0.255 e. The Bertz CT molecular complexity index is 1110. The van der Waals surface area contributed by atoms with E-state index in [1.54, 1.807) is 6.33 Å². The lowest BCUT2D eigenvalue weighted by Crippen LogP contribution is -2.12. The number of nitrogens with zero attached hydrogens (tertiary/aromatic N) is 3. The Balaban J connectivity index is 1.44. The Morgan fingerprint density at radius 1 is 1.04 bits per heavy atom. The summed E-state index contributed by atoms with van der Waals surface area (Å²) in [6, 6.07) is 12.9. The van der Waals surface area contributed by atoms with E-state index in [9.17, 15) is 9.18 Å². The molecule has 1 atom stereocenters. The smallest absolute Gasteiger partial charge is 0.255 e. The van der Waals surface area contributed by atoms with Crippen molar-refractivity contribution < 1.29 is 9.18 Å². The summed E-state index contributed by atoms with van der Waals surface area (Å²) in [5.41, 5.74) is 3.42. The Hall–Kier alpha value is -3.81. The first-order valence-corrected chi connectivity index (χ1v) is 8.67. The zero-order chi connectivity index (χ0) is 19.5. The van der Waals surface area contributed by atoms with Crippen molar-refractivity contribution in [3.05, 3.63) is 78.1 Å². The maximum atomic E-state index is 13.0. The molecule has 0 radical (unpaired) electrons. The molecule has 0 aliphatic heterocycles. The molecule has 4 aromatic rings. The van der Waals surface area contributed by atoms with Crippen molar-refractivity contribution >= 4 is 28.6 Å². The molecule has 0 bridgehead atoms. The van der Waals surface area contributed by atoms with Crippen LogP contribution in [0.4, 0.5) is 15.9 Å². The SMILES string of the molecule is C[C@H](Nc1ncnc2nc[nH]c12)c1ccc(NC(=O)c2ccc(F)cc2)cc1. The van der Waals surface area contributed by atoms with E-state index in [2.05, 4.69) is 30.6 Å². The van der Waals surface area contributed by atoms with E-state index in [-0.39, 0.29) is 17.8 Å². The van der Waals surface area contributed by atoms with Gasteiger partial charge >= 0.3 is 0 Å². The lowest BCUT2D eigenvalue weighted by molar-refractivity contribution is 0.102. The van der Waals surface area contributed by atoms with E-state index < -0.39 is 0 Å². The lowest BCUT2D eigenvalue weighted by Gasteiger charge is -2.16. The van der Waals surface area contributed by atoms with Gasteiger partial charge < -0.3 is 15.6 Å². The number of halogens is 1. The molecule has 7 nitrogen and oxygen atoms in total. The molecule has 0 unspecified atom stereocenters. The zero-order valence-electron chi connectivity index (χ0n) is 15.0. The first-order valence-electron chi connectivity index (χ1n) is 8.67. The van der Waals surface area contributed by atoms with E-state index >= 15 is 0 Å². The third kappa shape index (κ3) is 3.66. The summed E-state index contributed by atoms with van der Waals surface area (Å²) >= 11 is 0. The Morgan fingerprint density at radius 3 is 2.54 bits per heavy atom. The minimum atomic E-state index is -0.376. The fourth-order valence-corrected chi connectivity index (χ4v) is 2.82. The first kappa shape index (κ1) is 17.6. The largest absolute Gasteiger partial charge is 0.362 e. The minimum absolute atomic E-state index is 0.0248. The van der Waals surface area contributed by atoms with Crippen LogP contribution in [0.1, 0.15) is 28.9 Å². The fraction of sp³-hybridized carbons (Fsp3) is 0.100. The molecule has 0 aliphatic carbocycles. The minimum Gasteiger partial charge on any atom is -0.362 e. The van der Waals surface area contributed by atoms with Crippen LogP contribution in [0.25, 0.3) is 11.2 Å². The second kappa shape index (κ2) is 7.43. The van der Waals surface area contributed by atoms with Gasteiger partial charge in [0.1, 0.15) is 17.7 Å². The second-order valence-electron chi connectivity index (χ2n) is 6.27. The Morgan fingerprint density at radius 2 is 1.79 bits per heavy atom. The van der Waals surface area contributed by atoms with E-state index in [1.165, 1.54) is 30.6 Å². The molecule has 140 valence electrons. The van der Waals surface area contributed by atoms with E-state index in [0.29, 0.717) is 22.7 Å². The molecule has 0 aliphatic rings. The van der Waals surface area contributed by atoms with Crippen molar-refractivity contribution in [2.24, 2.45) is 0 Å². The standard InChI is InChI=1S/C20H17FN6O/c1-12(26-19-17-18(23-10-22-17)24-11-25-19)13-4-8-16(9-5-13)27-20(28)14-2-6-15(21)7-3-14/h2-12H,1H3,(H,27,28)(H2,22,23,24,25,26)/t12-/m0/s1. The number of hydrogen-bond donors (Lipinski definition) is 3. The van der Waals surface area contributed by atoms with Crippen molar-refractivity contribution in [1.29, 1.82) is 0 Å². The quantitative estimate of drug-likeness (QED) is 0.491. The first-order chi connectivity index (χ1) is 13.6. The molecule has 4 rings (SSSR count). The number of anilines is 2. The lowest BCUT2D eigenvalue weighted by atomic mass is 10.1. The number of carbonyl (C=O) groups is 1. The molecule has 28 heavy (non-hydrogen) atoms. The van der Waals surface area contributed by atoms with Crippen LogP contribution in [0.15, 0.2) is 61.2 Å². The van der Waals surface area contributed by atoms with Crippen LogP contribution in [0, 0.1) is 5.82 Å². The third-order valence-electron chi connectivity index (χ3n) is 4.35. The van der Waals surface area contributed by atoms with E-state index in [1.807, 2.05) is 31.2 Å². The molecule has 0 saturated carbocycles. The molecule has 8 heteroatoms. The summed E-state index contributed by atoms with van der Waals surface area (Å²) in [4.78, 5) is 27.7. The topological polar surface area (TPSA) is 95.6 Å². The molecular formula is C20H17FN6O. The van der Waals surface area contributed by atoms with Gasteiger partial charge in [0.25, 0.3) is 5.91 Å². The number of amides is 1. The number of imidazole rings is 1. The van der Waals surface area contributed by atoms with Crippen LogP contribution in [-0.4, -0.2) is 25.8 Å². The number of nitrogens with one attached hydrogen (secondary N) is 3. The highest BCUT2D eigenvalue weighted by Gasteiger charge is 2.11. The molecular weight excluding hydrogens is 359 g/mol. The van der Waals surface area contributed by atoms with Crippen LogP contribution < -0.4 is 10.6 Å². The van der Waals surface area contributed by atoms with Gasteiger partial charge in [0.15, 0.2) is 11.5 Å². The zero-order valence-corrected chi connectivity index (χ0v) is 15.0. The number of carbonyl (C=O) groups excluding carboxylic acids is 1. The molecule has 2 aromatic carbocycles. The normalized spacial score (nSPS) is 11.9. The van der Waals surface area contributed by atoms with Crippen molar-refractivity contribution in [2.45, 2.75) is 13.0 Å². The number of aromatic amines is 1. The summed E-state index contributed by atoms with van der Waals surface area (Å²) in [6.07, 6.45) is 3.04. The fourth-order valence-electron chi connectivity index (χ4n) is 2.82. The summed E-state index contributed by atoms with van der Waals surface area (Å²) in [6.45, 7) is 2.01. The number of rotatable bonds is 5. The maximum absolute atomic E-state index is 13.0. The van der Waals surface area contributed by atoms with Crippen LogP contribution in [0.5, 0.6) is 0 Å². The van der Waals surface area contributed by atoms with E-state index in [0.717, 1.165) is 11.1 Å². The molecule has 2 aromatic heterocycles. The summed E-state index contributed by atoms with van der Waals surface area (Å²) < 4.78 is 13.0. The number of hydrogen-bond acceptors (Lipinski definition) is 5.